The number of rotatable bonds is 5. The van der Waals surface area contributed by atoms with Crippen molar-refractivity contribution in [2.24, 2.45) is 0 Å². The van der Waals surface area contributed by atoms with E-state index < -0.39 is 27.7 Å². The molecule has 0 amide bonds. The molecule has 37 heavy (non-hydrogen) atoms. The van der Waals surface area contributed by atoms with E-state index in [4.69, 9.17) is 0 Å². The largest absolute Gasteiger partial charge is 0.416 e. The number of sulfonamides is 1. The van der Waals surface area contributed by atoms with Crippen LogP contribution in [0.25, 0.3) is 0 Å². The Morgan fingerprint density at radius 1 is 0.973 bits per heavy atom. The molecule has 0 bridgehead atoms. The molecule has 1 aromatic heterocycles. The standard InChI is InChI=1S/C26H26F4N4O2S/c1-33-11-13-34(14-12-33)23-16-18(26(28,29)30)6-9-22(23)21-8-5-17-15-19(7-10-20(17)21)37(35,36)32-25-4-2-3-24(27)31-25/h2-4,6-7,9-10,15-16,21H,5,8,11-14H2,1H3,(H,31,32)/t21-/m1/s1. The number of hydrogen-bond donors (Lipinski definition) is 1. The van der Waals surface area contributed by atoms with Crippen LogP contribution in [0.5, 0.6) is 0 Å². The van der Waals surface area contributed by atoms with Crippen LogP contribution in [-0.4, -0.2) is 51.5 Å². The third-order valence-electron chi connectivity index (χ3n) is 7.03. The minimum absolute atomic E-state index is 0.0182. The van der Waals surface area contributed by atoms with Crippen molar-refractivity contribution in [1.29, 1.82) is 0 Å². The number of fused-ring (bicyclic) bond motifs is 1. The zero-order valence-electron chi connectivity index (χ0n) is 20.1. The van der Waals surface area contributed by atoms with Crippen LogP contribution in [0.3, 0.4) is 0 Å². The number of nitrogens with zero attached hydrogens (tertiary/aromatic N) is 3. The van der Waals surface area contributed by atoms with Gasteiger partial charge in [0.1, 0.15) is 5.82 Å². The molecule has 1 fully saturated rings. The number of likely N-dealkylation sites (N-methyl/N-ethyl adjacent to an activating group) is 1. The highest BCUT2D eigenvalue weighted by molar-refractivity contribution is 7.92. The van der Waals surface area contributed by atoms with Gasteiger partial charge in [0.25, 0.3) is 10.0 Å². The molecular weight excluding hydrogens is 508 g/mol. The Hall–Kier alpha value is -3.18. The molecular formula is C26H26F4N4O2S. The van der Waals surface area contributed by atoms with Gasteiger partial charge in [-0.25, -0.2) is 13.4 Å². The number of alkyl halides is 3. The molecule has 11 heteroatoms. The fraction of sp³-hybridized carbons (Fsp3) is 0.346. The van der Waals surface area contributed by atoms with Crippen LogP contribution in [-0.2, 0) is 22.6 Å². The van der Waals surface area contributed by atoms with Gasteiger partial charge in [-0.1, -0.05) is 18.2 Å². The third-order valence-corrected chi connectivity index (χ3v) is 8.39. The van der Waals surface area contributed by atoms with E-state index in [1.807, 2.05) is 11.9 Å². The van der Waals surface area contributed by atoms with Gasteiger partial charge >= 0.3 is 6.18 Å². The molecule has 0 saturated carbocycles. The van der Waals surface area contributed by atoms with E-state index in [1.54, 1.807) is 18.2 Å². The Morgan fingerprint density at radius 2 is 1.70 bits per heavy atom. The smallest absolute Gasteiger partial charge is 0.369 e. The van der Waals surface area contributed by atoms with E-state index in [0.717, 1.165) is 41.9 Å². The maximum Gasteiger partial charge on any atom is 0.416 e. The van der Waals surface area contributed by atoms with Crippen LogP contribution >= 0.6 is 0 Å². The first kappa shape index (κ1) is 25.5. The van der Waals surface area contributed by atoms with Gasteiger partial charge in [-0.2, -0.15) is 17.6 Å². The molecule has 0 spiro atoms. The number of pyridine rings is 1. The lowest BCUT2D eigenvalue weighted by Crippen LogP contribution is -2.45. The first-order chi connectivity index (χ1) is 17.5. The van der Waals surface area contributed by atoms with Crippen molar-refractivity contribution < 1.29 is 26.0 Å². The van der Waals surface area contributed by atoms with Crippen LogP contribution in [0.4, 0.5) is 29.1 Å². The van der Waals surface area contributed by atoms with Crippen molar-refractivity contribution >= 4 is 21.5 Å². The number of halogens is 4. The molecule has 1 N–H and O–H groups in total. The lowest BCUT2D eigenvalue weighted by molar-refractivity contribution is -0.137. The first-order valence-electron chi connectivity index (χ1n) is 11.9. The van der Waals surface area contributed by atoms with Gasteiger partial charge in [-0.3, -0.25) is 4.72 Å². The molecule has 1 aliphatic carbocycles. The summed E-state index contributed by atoms with van der Waals surface area (Å²) in [6.45, 7) is 2.76. The van der Waals surface area contributed by atoms with E-state index in [0.29, 0.717) is 31.6 Å². The molecule has 196 valence electrons. The highest BCUT2D eigenvalue weighted by Gasteiger charge is 2.34. The zero-order valence-corrected chi connectivity index (χ0v) is 20.9. The molecule has 2 aromatic carbocycles. The quantitative estimate of drug-likeness (QED) is 0.374. The number of aryl methyl sites for hydroxylation is 1. The predicted molar refractivity (Wildman–Crippen MR) is 133 cm³/mol. The Kier molecular flexibility index (Phi) is 6.61. The van der Waals surface area contributed by atoms with E-state index >= 15 is 0 Å². The Balaban J connectivity index is 1.47. The number of nitrogens with one attached hydrogen (secondary N) is 1. The summed E-state index contributed by atoms with van der Waals surface area (Å²) in [5, 5.41) is 0. The summed E-state index contributed by atoms with van der Waals surface area (Å²) in [4.78, 5) is 7.72. The van der Waals surface area contributed by atoms with Crippen molar-refractivity contribution in [1.82, 2.24) is 9.88 Å². The zero-order chi connectivity index (χ0) is 26.4. The van der Waals surface area contributed by atoms with Gasteiger partial charge in [-0.05, 0) is 73.0 Å². The molecule has 5 rings (SSSR count). The normalized spacial score (nSPS) is 18.6. The summed E-state index contributed by atoms with van der Waals surface area (Å²) >= 11 is 0. The molecule has 0 unspecified atom stereocenters. The van der Waals surface area contributed by atoms with Crippen LogP contribution in [0, 0.1) is 5.95 Å². The monoisotopic (exact) mass is 534 g/mol. The molecule has 1 atom stereocenters. The SMILES string of the molecule is CN1CCN(c2cc(C(F)(F)F)ccc2[C@@H]2CCc3cc(S(=O)(=O)Nc4cccc(F)n4)ccc32)CC1. The highest BCUT2D eigenvalue weighted by Crippen LogP contribution is 2.44. The Morgan fingerprint density at radius 3 is 2.41 bits per heavy atom. The van der Waals surface area contributed by atoms with Crippen molar-refractivity contribution in [3.8, 4) is 0 Å². The van der Waals surface area contributed by atoms with E-state index in [9.17, 15) is 26.0 Å². The molecule has 2 heterocycles. The van der Waals surface area contributed by atoms with Gasteiger partial charge in [-0.15, -0.1) is 0 Å². The van der Waals surface area contributed by atoms with E-state index in [1.165, 1.54) is 24.3 Å². The predicted octanol–water partition coefficient (Wildman–Crippen LogP) is 4.87. The van der Waals surface area contributed by atoms with Gasteiger partial charge in [0, 0.05) is 37.8 Å². The van der Waals surface area contributed by atoms with Crippen molar-refractivity contribution in [2.75, 3.05) is 42.8 Å². The first-order valence-corrected chi connectivity index (χ1v) is 13.4. The molecule has 2 aliphatic rings. The second-order valence-corrected chi connectivity index (χ2v) is 11.1. The lowest BCUT2D eigenvalue weighted by Gasteiger charge is -2.36. The Labute approximate surface area is 213 Å². The summed E-state index contributed by atoms with van der Waals surface area (Å²) in [6, 6.07) is 12.5. The third kappa shape index (κ3) is 5.28. The number of aromatic nitrogens is 1. The number of piperazine rings is 1. The molecule has 1 aliphatic heterocycles. The molecule has 0 radical (unpaired) electrons. The second-order valence-electron chi connectivity index (χ2n) is 9.46. The molecule has 1 saturated heterocycles. The molecule has 6 nitrogen and oxygen atoms in total. The van der Waals surface area contributed by atoms with Gasteiger partial charge in [0.15, 0.2) is 0 Å². The van der Waals surface area contributed by atoms with Crippen LogP contribution in [0.15, 0.2) is 59.5 Å². The average Bonchev–Trinajstić information content (AvgIpc) is 3.27. The van der Waals surface area contributed by atoms with Crippen molar-refractivity contribution in [3.05, 3.63) is 82.8 Å². The fourth-order valence-electron chi connectivity index (χ4n) is 5.08. The Bertz CT molecular complexity index is 1420. The van der Waals surface area contributed by atoms with Gasteiger partial charge < -0.3 is 9.80 Å². The minimum Gasteiger partial charge on any atom is -0.369 e. The van der Waals surface area contributed by atoms with Gasteiger partial charge in [0.05, 0.1) is 10.5 Å². The average molecular weight is 535 g/mol. The summed E-state index contributed by atoms with van der Waals surface area (Å²) in [7, 11) is -2.01. The summed E-state index contributed by atoms with van der Waals surface area (Å²) in [5.41, 5.74) is 2.44. The summed E-state index contributed by atoms with van der Waals surface area (Å²) in [5.74, 6) is -1.08. The second kappa shape index (κ2) is 9.60. The van der Waals surface area contributed by atoms with Crippen LogP contribution in [0.2, 0.25) is 0 Å². The van der Waals surface area contributed by atoms with Crippen molar-refractivity contribution in [3.63, 3.8) is 0 Å². The van der Waals surface area contributed by atoms with Crippen LogP contribution in [0.1, 0.15) is 34.6 Å². The summed E-state index contributed by atoms with van der Waals surface area (Å²) < 4.78 is 82.2. The highest BCUT2D eigenvalue weighted by atomic mass is 32.2. The van der Waals surface area contributed by atoms with E-state index in [2.05, 4.69) is 14.6 Å². The fourth-order valence-corrected chi connectivity index (χ4v) is 6.13. The maximum absolute atomic E-state index is 13.6. The number of anilines is 2. The lowest BCUT2D eigenvalue weighted by atomic mass is 9.90. The number of benzene rings is 2. The van der Waals surface area contributed by atoms with E-state index in [-0.39, 0.29) is 16.6 Å². The molecule has 3 aromatic rings. The van der Waals surface area contributed by atoms with Gasteiger partial charge in [0.2, 0.25) is 5.95 Å². The van der Waals surface area contributed by atoms with Crippen LogP contribution < -0.4 is 9.62 Å². The number of hydrogen-bond acceptors (Lipinski definition) is 5. The minimum atomic E-state index is -4.44. The topological polar surface area (TPSA) is 65.5 Å². The summed E-state index contributed by atoms with van der Waals surface area (Å²) in [6.07, 6.45) is -3.20. The maximum atomic E-state index is 13.6. The van der Waals surface area contributed by atoms with Crippen molar-refractivity contribution in [2.45, 2.75) is 29.8 Å².